The zero-order chi connectivity index (χ0) is 16.5. The zero-order valence-corrected chi connectivity index (χ0v) is 12.2. The van der Waals surface area contributed by atoms with Gasteiger partial charge in [-0.25, -0.2) is 0 Å². The first-order chi connectivity index (χ1) is 10.5. The first-order valence-corrected chi connectivity index (χ1v) is 6.78. The highest BCUT2D eigenvalue weighted by molar-refractivity contribution is 5.97. The average molecular weight is 310 g/mol. The number of nitro benzene ring substituents is 1. The Morgan fingerprint density at radius 2 is 2.05 bits per heavy atom. The zero-order valence-electron chi connectivity index (χ0n) is 12.2. The number of aliphatic carboxylic acids is 1. The van der Waals surface area contributed by atoms with Crippen molar-refractivity contribution < 1.29 is 24.4 Å². The molecule has 0 radical (unpaired) electrons. The molecule has 0 fully saturated rings. The molecular formula is C14H18N2O6. The lowest BCUT2D eigenvalue weighted by molar-refractivity contribution is -0.384. The predicted octanol–water partition coefficient (Wildman–Crippen LogP) is 1.98. The Hall–Kier alpha value is -2.64. The number of nitro groups is 1. The maximum absolute atomic E-state index is 12.0. The molecule has 0 saturated heterocycles. The second-order valence-electron chi connectivity index (χ2n) is 4.60. The van der Waals surface area contributed by atoms with E-state index in [0.29, 0.717) is 25.8 Å². The van der Waals surface area contributed by atoms with Crippen molar-refractivity contribution in [3.63, 3.8) is 0 Å². The van der Waals surface area contributed by atoms with Gasteiger partial charge in [0.25, 0.3) is 11.6 Å². The third-order valence-corrected chi connectivity index (χ3v) is 2.99. The summed E-state index contributed by atoms with van der Waals surface area (Å²) in [6, 6.07) is 3.81. The van der Waals surface area contributed by atoms with Gasteiger partial charge in [0.15, 0.2) is 0 Å². The Morgan fingerprint density at radius 1 is 1.32 bits per heavy atom. The normalized spacial score (nSPS) is 10.0. The Labute approximate surface area is 127 Å². The summed E-state index contributed by atoms with van der Waals surface area (Å²) in [5.41, 5.74) is -0.0883. The van der Waals surface area contributed by atoms with Crippen molar-refractivity contribution in [3.05, 3.63) is 33.9 Å². The van der Waals surface area contributed by atoms with Crippen LogP contribution in [-0.4, -0.2) is 35.6 Å². The van der Waals surface area contributed by atoms with Crippen molar-refractivity contribution in [2.45, 2.75) is 25.7 Å². The molecular weight excluding hydrogens is 292 g/mol. The summed E-state index contributed by atoms with van der Waals surface area (Å²) in [7, 11) is 1.38. The maximum Gasteiger partial charge on any atom is 0.303 e. The third-order valence-electron chi connectivity index (χ3n) is 2.99. The second kappa shape index (κ2) is 8.60. The van der Waals surface area contributed by atoms with Crippen molar-refractivity contribution in [2.24, 2.45) is 0 Å². The molecule has 0 spiro atoms. The van der Waals surface area contributed by atoms with Gasteiger partial charge in [-0.3, -0.25) is 19.7 Å². The molecule has 120 valence electrons. The van der Waals surface area contributed by atoms with Crippen molar-refractivity contribution >= 4 is 17.6 Å². The van der Waals surface area contributed by atoms with Gasteiger partial charge < -0.3 is 15.2 Å². The topological polar surface area (TPSA) is 119 Å². The second-order valence-corrected chi connectivity index (χ2v) is 4.60. The Balaban J connectivity index is 2.55. The number of benzene rings is 1. The van der Waals surface area contributed by atoms with Gasteiger partial charge in [-0.2, -0.15) is 0 Å². The van der Waals surface area contributed by atoms with Crippen LogP contribution in [0.25, 0.3) is 0 Å². The number of hydrogen-bond donors (Lipinski definition) is 2. The van der Waals surface area contributed by atoms with Crippen molar-refractivity contribution in [3.8, 4) is 5.75 Å². The molecule has 22 heavy (non-hydrogen) atoms. The number of non-ortho nitro benzene ring substituents is 1. The van der Waals surface area contributed by atoms with Crippen molar-refractivity contribution in [2.75, 3.05) is 13.7 Å². The highest BCUT2D eigenvalue weighted by Gasteiger charge is 2.17. The maximum atomic E-state index is 12.0. The van der Waals surface area contributed by atoms with E-state index in [1.807, 2.05) is 0 Å². The summed E-state index contributed by atoms with van der Waals surface area (Å²) in [6.07, 6.45) is 1.97. The Morgan fingerprint density at radius 3 is 2.64 bits per heavy atom. The van der Waals surface area contributed by atoms with Crippen LogP contribution in [0.4, 0.5) is 5.69 Å². The summed E-state index contributed by atoms with van der Waals surface area (Å²) in [5.74, 6) is -1.04. The van der Waals surface area contributed by atoms with Gasteiger partial charge >= 0.3 is 5.97 Å². The molecule has 1 aromatic carbocycles. The fourth-order valence-corrected chi connectivity index (χ4v) is 1.86. The number of nitrogens with one attached hydrogen (secondary N) is 1. The van der Waals surface area contributed by atoms with Crippen molar-refractivity contribution in [1.29, 1.82) is 0 Å². The van der Waals surface area contributed by atoms with E-state index in [4.69, 9.17) is 9.84 Å². The highest BCUT2D eigenvalue weighted by atomic mass is 16.6. The van der Waals surface area contributed by atoms with E-state index in [0.717, 1.165) is 0 Å². The largest absolute Gasteiger partial charge is 0.496 e. The Bertz CT molecular complexity index is 558. The number of carboxylic acid groups (broad SMARTS) is 1. The van der Waals surface area contributed by atoms with Crippen LogP contribution in [0.1, 0.15) is 36.0 Å². The van der Waals surface area contributed by atoms with E-state index in [9.17, 15) is 19.7 Å². The molecule has 0 aromatic heterocycles. The number of carbonyl (C=O) groups excluding carboxylic acids is 1. The van der Waals surface area contributed by atoms with Gasteiger partial charge in [0.2, 0.25) is 0 Å². The molecule has 8 heteroatoms. The molecule has 0 atom stereocenters. The monoisotopic (exact) mass is 310 g/mol. The first kappa shape index (κ1) is 17.4. The van der Waals surface area contributed by atoms with E-state index in [-0.39, 0.29) is 23.4 Å². The van der Waals surface area contributed by atoms with Crippen LogP contribution >= 0.6 is 0 Å². The molecule has 1 rings (SSSR count). The number of carbonyl (C=O) groups is 2. The van der Waals surface area contributed by atoms with Gasteiger partial charge in [0.05, 0.1) is 17.6 Å². The summed E-state index contributed by atoms with van der Waals surface area (Å²) < 4.78 is 5.02. The Kier molecular flexibility index (Phi) is 6.81. The molecule has 1 amide bonds. The van der Waals surface area contributed by atoms with Gasteiger partial charge in [-0.1, -0.05) is 6.42 Å². The molecule has 0 saturated carbocycles. The lowest BCUT2D eigenvalue weighted by Gasteiger charge is -2.09. The van der Waals surface area contributed by atoms with E-state index in [1.54, 1.807) is 0 Å². The quantitative estimate of drug-likeness (QED) is 0.409. The van der Waals surface area contributed by atoms with Gasteiger partial charge in [-0.15, -0.1) is 0 Å². The molecule has 8 nitrogen and oxygen atoms in total. The molecule has 0 unspecified atom stereocenters. The average Bonchev–Trinajstić information content (AvgIpc) is 2.49. The van der Waals surface area contributed by atoms with Gasteiger partial charge in [0.1, 0.15) is 5.75 Å². The number of amides is 1. The van der Waals surface area contributed by atoms with E-state index in [2.05, 4.69) is 5.32 Å². The van der Waals surface area contributed by atoms with E-state index < -0.39 is 16.8 Å². The van der Waals surface area contributed by atoms with Crippen LogP contribution in [-0.2, 0) is 4.79 Å². The highest BCUT2D eigenvalue weighted by Crippen LogP contribution is 2.23. The fourth-order valence-electron chi connectivity index (χ4n) is 1.86. The van der Waals surface area contributed by atoms with Gasteiger partial charge in [0, 0.05) is 25.1 Å². The predicted molar refractivity (Wildman–Crippen MR) is 78.1 cm³/mol. The van der Waals surface area contributed by atoms with Crippen LogP contribution in [0.3, 0.4) is 0 Å². The van der Waals surface area contributed by atoms with Crippen LogP contribution < -0.4 is 10.1 Å². The molecule has 1 aromatic rings. The SMILES string of the molecule is COc1ccc([N+](=O)[O-])cc1C(=O)NCCCCCC(=O)O. The standard InChI is InChI=1S/C14H18N2O6/c1-22-12-7-6-10(16(20)21)9-11(12)14(19)15-8-4-2-3-5-13(17)18/h6-7,9H,2-5,8H2,1H3,(H,15,19)(H,17,18). The fraction of sp³-hybridized carbons (Fsp3) is 0.429. The van der Waals surface area contributed by atoms with E-state index >= 15 is 0 Å². The minimum Gasteiger partial charge on any atom is -0.496 e. The van der Waals surface area contributed by atoms with Gasteiger partial charge in [-0.05, 0) is 18.9 Å². The lowest BCUT2D eigenvalue weighted by atomic mass is 10.1. The number of methoxy groups -OCH3 is 1. The number of ether oxygens (including phenoxy) is 1. The minimum atomic E-state index is -0.842. The number of hydrogen-bond acceptors (Lipinski definition) is 5. The van der Waals surface area contributed by atoms with E-state index in [1.165, 1.54) is 25.3 Å². The molecule has 2 N–H and O–H groups in total. The summed E-state index contributed by atoms with van der Waals surface area (Å²) in [5, 5.41) is 21.9. The molecule has 0 heterocycles. The first-order valence-electron chi connectivity index (χ1n) is 6.78. The summed E-state index contributed by atoms with van der Waals surface area (Å²) in [4.78, 5) is 32.5. The number of carboxylic acids is 1. The van der Waals surface area contributed by atoms with Crippen LogP contribution in [0.5, 0.6) is 5.75 Å². The summed E-state index contributed by atoms with van der Waals surface area (Å²) in [6.45, 7) is 0.365. The number of rotatable bonds is 9. The van der Waals surface area contributed by atoms with Crippen LogP contribution in [0.2, 0.25) is 0 Å². The molecule has 0 aliphatic carbocycles. The third kappa shape index (κ3) is 5.39. The smallest absolute Gasteiger partial charge is 0.303 e. The summed E-state index contributed by atoms with van der Waals surface area (Å²) >= 11 is 0. The van der Waals surface area contributed by atoms with Crippen LogP contribution in [0.15, 0.2) is 18.2 Å². The molecule has 0 bridgehead atoms. The van der Waals surface area contributed by atoms with Crippen molar-refractivity contribution in [1.82, 2.24) is 5.32 Å². The number of unbranched alkanes of at least 4 members (excludes halogenated alkanes) is 2. The lowest BCUT2D eigenvalue weighted by Crippen LogP contribution is -2.25. The molecule has 0 aliphatic heterocycles. The number of nitrogens with zero attached hydrogens (tertiary/aromatic N) is 1. The molecule has 0 aliphatic rings. The minimum absolute atomic E-state index is 0.0993. The van der Waals surface area contributed by atoms with Crippen LogP contribution in [0, 0.1) is 10.1 Å².